The number of hydrogen-bond acceptors (Lipinski definition) is 4. The van der Waals surface area contributed by atoms with Crippen molar-refractivity contribution in [2.45, 2.75) is 12.5 Å². The molecule has 0 spiro atoms. The zero-order chi connectivity index (χ0) is 9.80. The Bertz CT molecular complexity index is 373. The SMILES string of the molecule is OC(Cc1ccncc1)c1cn[nH]n1. The molecule has 2 aromatic heterocycles. The van der Waals surface area contributed by atoms with Gasteiger partial charge in [0.05, 0.1) is 6.20 Å². The Morgan fingerprint density at radius 3 is 2.79 bits per heavy atom. The third kappa shape index (κ3) is 1.94. The number of nitrogens with zero attached hydrogens (tertiary/aromatic N) is 3. The van der Waals surface area contributed by atoms with E-state index in [0.717, 1.165) is 5.56 Å². The van der Waals surface area contributed by atoms with Gasteiger partial charge in [0, 0.05) is 18.8 Å². The van der Waals surface area contributed by atoms with Crippen LogP contribution in [-0.4, -0.2) is 25.5 Å². The molecule has 2 aromatic rings. The van der Waals surface area contributed by atoms with E-state index in [4.69, 9.17) is 0 Å². The van der Waals surface area contributed by atoms with E-state index < -0.39 is 6.10 Å². The molecule has 0 saturated carbocycles. The van der Waals surface area contributed by atoms with Gasteiger partial charge >= 0.3 is 0 Å². The lowest BCUT2D eigenvalue weighted by molar-refractivity contribution is 0.173. The highest BCUT2D eigenvalue weighted by Crippen LogP contribution is 2.13. The third-order valence-electron chi connectivity index (χ3n) is 1.95. The Morgan fingerprint density at radius 1 is 1.36 bits per heavy atom. The summed E-state index contributed by atoms with van der Waals surface area (Å²) in [5.74, 6) is 0. The summed E-state index contributed by atoms with van der Waals surface area (Å²) in [5, 5.41) is 19.6. The summed E-state index contributed by atoms with van der Waals surface area (Å²) < 4.78 is 0. The lowest BCUT2D eigenvalue weighted by Gasteiger charge is -2.05. The largest absolute Gasteiger partial charge is 0.386 e. The van der Waals surface area contributed by atoms with Crippen LogP contribution in [0.3, 0.4) is 0 Å². The molecule has 0 radical (unpaired) electrons. The second-order valence-corrected chi connectivity index (χ2v) is 2.97. The molecule has 0 bridgehead atoms. The van der Waals surface area contributed by atoms with Gasteiger partial charge in [0.15, 0.2) is 0 Å². The molecule has 0 amide bonds. The first kappa shape index (κ1) is 8.83. The fourth-order valence-electron chi connectivity index (χ4n) is 1.22. The molecule has 5 heteroatoms. The summed E-state index contributed by atoms with van der Waals surface area (Å²) in [7, 11) is 0. The molecule has 5 nitrogen and oxygen atoms in total. The molecule has 0 aliphatic carbocycles. The lowest BCUT2D eigenvalue weighted by Crippen LogP contribution is -2.02. The lowest BCUT2D eigenvalue weighted by atomic mass is 10.1. The van der Waals surface area contributed by atoms with Gasteiger partial charge in [-0.25, -0.2) is 0 Å². The zero-order valence-electron chi connectivity index (χ0n) is 7.46. The molecule has 2 heterocycles. The Labute approximate surface area is 80.8 Å². The van der Waals surface area contributed by atoms with Crippen LogP contribution in [0.4, 0.5) is 0 Å². The van der Waals surface area contributed by atoms with Gasteiger partial charge in [0.1, 0.15) is 11.8 Å². The molecular weight excluding hydrogens is 180 g/mol. The standard InChI is InChI=1S/C9H10N4O/c14-9(8-6-11-13-12-8)5-7-1-3-10-4-2-7/h1-4,6,9,14H,5H2,(H,11,12,13). The van der Waals surface area contributed by atoms with E-state index in [1.54, 1.807) is 12.4 Å². The van der Waals surface area contributed by atoms with E-state index in [1.807, 2.05) is 12.1 Å². The average molecular weight is 190 g/mol. The van der Waals surface area contributed by atoms with E-state index in [0.29, 0.717) is 12.1 Å². The summed E-state index contributed by atoms with van der Waals surface area (Å²) >= 11 is 0. The topological polar surface area (TPSA) is 74.7 Å². The fraction of sp³-hybridized carbons (Fsp3) is 0.222. The van der Waals surface area contributed by atoms with Gasteiger partial charge < -0.3 is 5.11 Å². The van der Waals surface area contributed by atoms with Crippen LogP contribution in [-0.2, 0) is 6.42 Å². The average Bonchev–Trinajstić information content (AvgIpc) is 2.72. The van der Waals surface area contributed by atoms with Gasteiger partial charge in [-0.3, -0.25) is 4.98 Å². The third-order valence-corrected chi connectivity index (χ3v) is 1.95. The molecule has 0 aliphatic heterocycles. The summed E-state index contributed by atoms with van der Waals surface area (Å²) in [6.45, 7) is 0. The minimum absolute atomic E-state index is 0.523. The second kappa shape index (κ2) is 3.97. The van der Waals surface area contributed by atoms with Crippen molar-refractivity contribution in [2.24, 2.45) is 0 Å². The zero-order valence-corrected chi connectivity index (χ0v) is 7.46. The summed E-state index contributed by atoms with van der Waals surface area (Å²) in [4.78, 5) is 3.90. The first-order valence-corrected chi connectivity index (χ1v) is 4.29. The first-order chi connectivity index (χ1) is 6.86. The first-order valence-electron chi connectivity index (χ1n) is 4.29. The van der Waals surface area contributed by atoms with E-state index in [1.165, 1.54) is 6.20 Å². The van der Waals surface area contributed by atoms with Gasteiger partial charge in [0.2, 0.25) is 0 Å². The fourth-order valence-corrected chi connectivity index (χ4v) is 1.22. The van der Waals surface area contributed by atoms with Crippen molar-refractivity contribution in [3.63, 3.8) is 0 Å². The van der Waals surface area contributed by atoms with E-state index in [2.05, 4.69) is 20.4 Å². The van der Waals surface area contributed by atoms with Crippen molar-refractivity contribution in [1.29, 1.82) is 0 Å². The van der Waals surface area contributed by atoms with Crippen LogP contribution in [0.25, 0.3) is 0 Å². The van der Waals surface area contributed by atoms with Crippen LogP contribution in [0.2, 0.25) is 0 Å². The van der Waals surface area contributed by atoms with Crippen molar-refractivity contribution in [2.75, 3.05) is 0 Å². The number of pyridine rings is 1. The normalized spacial score (nSPS) is 12.6. The summed E-state index contributed by atoms with van der Waals surface area (Å²) in [6, 6.07) is 3.73. The number of hydrogen-bond donors (Lipinski definition) is 2. The highest BCUT2D eigenvalue weighted by molar-refractivity contribution is 5.13. The maximum atomic E-state index is 9.72. The molecule has 0 aromatic carbocycles. The van der Waals surface area contributed by atoms with Crippen molar-refractivity contribution in [1.82, 2.24) is 20.4 Å². The Hall–Kier alpha value is -1.75. The molecule has 2 rings (SSSR count). The summed E-state index contributed by atoms with van der Waals surface area (Å²) in [5.41, 5.74) is 1.58. The van der Waals surface area contributed by atoms with Gasteiger partial charge in [-0.15, -0.1) is 0 Å². The maximum absolute atomic E-state index is 9.72. The molecule has 2 N–H and O–H groups in total. The minimum Gasteiger partial charge on any atom is -0.386 e. The number of aliphatic hydroxyl groups is 1. The Balaban J connectivity index is 2.06. The van der Waals surface area contributed by atoms with E-state index in [9.17, 15) is 5.11 Å². The minimum atomic E-state index is -0.615. The van der Waals surface area contributed by atoms with Gasteiger partial charge in [-0.05, 0) is 17.7 Å². The Morgan fingerprint density at radius 2 is 2.14 bits per heavy atom. The van der Waals surface area contributed by atoms with Crippen LogP contribution in [0.1, 0.15) is 17.4 Å². The molecule has 0 fully saturated rings. The van der Waals surface area contributed by atoms with Gasteiger partial charge in [-0.2, -0.15) is 15.4 Å². The smallest absolute Gasteiger partial charge is 0.111 e. The van der Waals surface area contributed by atoms with Crippen molar-refractivity contribution >= 4 is 0 Å². The van der Waals surface area contributed by atoms with Crippen LogP contribution < -0.4 is 0 Å². The molecular formula is C9H10N4O. The van der Waals surface area contributed by atoms with Gasteiger partial charge in [0.25, 0.3) is 0 Å². The maximum Gasteiger partial charge on any atom is 0.111 e. The summed E-state index contributed by atoms with van der Waals surface area (Å²) in [6.07, 6.45) is 4.83. The molecule has 1 atom stereocenters. The van der Waals surface area contributed by atoms with Crippen LogP contribution in [0.15, 0.2) is 30.7 Å². The van der Waals surface area contributed by atoms with Crippen LogP contribution >= 0.6 is 0 Å². The number of H-pyrrole nitrogens is 1. The quantitative estimate of drug-likeness (QED) is 0.738. The molecule has 14 heavy (non-hydrogen) atoms. The number of nitrogens with one attached hydrogen (secondary N) is 1. The number of aliphatic hydroxyl groups excluding tert-OH is 1. The highest BCUT2D eigenvalue weighted by Gasteiger charge is 2.10. The predicted molar refractivity (Wildman–Crippen MR) is 49.3 cm³/mol. The van der Waals surface area contributed by atoms with Crippen molar-refractivity contribution < 1.29 is 5.11 Å². The molecule has 72 valence electrons. The number of rotatable bonds is 3. The van der Waals surface area contributed by atoms with Crippen molar-refractivity contribution in [3.8, 4) is 0 Å². The molecule has 0 aliphatic rings. The predicted octanol–water partition coefficient (Wildman–Crippen LogP) is 0.476. The van der Waals surface area contributed by atoms with Gasteiger partial charge in [-0.1, -0.05) is 0 Å². The molecule has 0 saturated heterocycles. The van der Waals surface area contributed by atoms with Crippen molar-refractivity contribution in [3.05, 3.63) is 42.0 Å². The van der Waals surface area contributed by atoms with Crippen LogP contribution in [0, 0.1) is 0 Å². The van der Waals surface area contributed by atoms with E-state index >= 15 is 0 Å². The number of aromatic nitrogens is 4. The number of aromatic amines is 1. The highest BCUT2D eigenvalue weighted by atomic mass is 16.3. The van der Waals surface area contributed by atoms with Crippen LogP contribution in [0.5, 0.6) is 0 Å². The van der Waals surface area contributed by atoms with E-state index in [-0.39, 0.29) is 0 Å². The monoisotopic (exact) mass is 190 g/mol. The molecule has 1 unspecified atom stereocenters. The second-order valence-electron chi connectivity index (χ2n) is 2.97. The Kier molecular flexibility index (Phi) is 2.51.